The highest BCUT2D eigenvalue weighted by Crippen LogP contribution is 2.18. The van der Waals surface area contributed by atoms with E-state index in [2.05, 4.69) is 43.8 Å². The maximum Gasteiger partial charge on any atom is 0.254 e. The van der Waals surface area contributed by atoms with Crippen molar-refractivity contribution in [3.8, 4) is 0 Å². The Morgan fingerprint density at radius 2 is 2.27 bits per heavy atom. The molecule has 1 rings (SSSR count). The van der Waals surface area contributed by atoms with Crippen LogP contribution < -0.4 is 5.32 Å². The van der Waals surface area contributed by atoms with Crippen molar-refractivity contribution in [3.63, 3.8) is 0 Å². The Bertz CT molecular complexity index is 359. The van der Waals surface area contributed by atoms with Crippen LogP contribution in [0.3, 0.4) is 0 Å². The van der Waals surface area contributed by atoms with Crippen LogP contribution in [0.5, 0.6) is 0 Å². The minimum absolute atomic E-state index is 0.0813. The molecule has 0 radical (unpaired) electrons. The fourth-order valence-electron chi connectivity index (χ4n) is 1.04. The SMILES string of the molecule is O=C(NCCCI)c1cccc(Br)c1F. The van der Waals surface area contributed by atoms with E-state index in [-0.39, 0.29) is 11.5 Å². The smallest absolute Gasteiger partial charge is 0.254 e. The summed E-state index contributed by atoms with van der Waals surface area (Å²) in [6, 6.07) is 4.68. The van der Waals surface area contributed by atoms with Crippen molar-refractivity contribution in [1.82, 2.24) is 5.32 Å². The average Bonchev–Trinajstić information content (AvgIpc) is 2.22. The van der Waals surface area contributed by atoms with Crippen LogP contribution in [0.4, 0.5) is 4.39 Å². The Morgan fingerprint density at radius 3 is 2.93 bits per heavy atom. The van der Waals surface area contributed by atoms with E-state index < -0.39 is 5.82 Å². The molecule has 15 heavy (non-hydrogen) atoms. The molecule has 0 aromatic heterocycles. The molecule has 1 aromatic rings. The minimum atomic E-state index is -0.510. The van der Waals surface area contributed by atoms with Crippen LogP contribution >= 0.6 is 38.5 Å². The predicted octanol–water partition coefficient (Wildman–Crippen LogP) is 3.14. The minimum Gasteiger partial charge on any atom is -0.352 e. The number of nitrogens with one attached hydrogen (secondary N) is 1. The van der Waals surface area contributed by atoms with Crippen LogP contribution in [-0.4, -0.2) is 16.9 Å². The molecule has 0 bridgehead atoms. The molecule has 82 valence electrons. The number of hydrogen-bond donors (Lipinski definition) is 1. The Morgan fingerprint density at radius 1 is 1.53 bits per heavy atom. The van der Waals surface area contributed by atoms with Crippen LogP contribution in [-0.2, 0) is 0 Å². The largest absolute Gasteiger partial charge is 0.352 e. The third kappa shape index (κ3) is 3.71. The number of halogens is 3. The van der Waals surface area contributed by atoms with Crippen molar-refractivity contribution in [1.29, 1.82) is 0 Å². The van der Waals surface area contributed by atoms with Crippen molar-refractivity contribution in [3.05, 3.63) is 34.1 Å². The first kappa shape index (κ1) is 12.9. The summed E-state index contributed by atoms with van der Waals surface area (Å²) in [5.74, 6) is -0.872. The summed E-state index contributed by atoms with van der Waals surface area (Å²) in [7, 11) is 0. The van der Waals surface area contributed by atoms with Crippen molar-refractivity contribution < 1.29 is 9.18 Å². The zero-order valence-electron chi connectivity index (χ0n) is 7.90. The Hall–Kier alpha value is -0.170. The van der Waals surface area contributed by atoms with Gasteiger partial charge < -0.3 is 5.32 Å². The number of benzene rings is 1. The van der Waals surface area contributed by atoms with Gasteiger partial charge in [0.05, 0.1) is 10.0 Å². The van der Waals surface area contributed by atoms with Gasteiger partial charge in [0.25, 0.3) is 5.91 Å². The van der Waals surface area contributed by atoms with E-state index in [1.807, 2.05) is 0 Å². The highest BCUT2D eigenvalue weighted by Gasteiger charge is 2.12. The number of alkyl halides is 1. The molecular weight excluding hydrogens is 376 g/mol. The molecule has 0 aliphatic rings. The summed E-state index contributed by atoms with van der Waals surface area (Å²) >= 11 is 5.27. The molecule has 1 N–H and O–H groups in total. The summed E-state index contributed by atoms with van der Waals surface area (Å²) in [5.41, 5.74) is 0.0813. The normalized spacial score (nSPS) is 10.1. The van der Waals surface area contributed by atoms with Crippen molar-refractivity contribution in [2.24, 2.45) is 0 Å². The maximum absolute atomic E-state index is 13.5. The van der Waals surface area contributed by atoms with Crippen molar-refractivity contribution in [2.45, 2.75) is 6.42 Å². The van der Waals surface area contributed by atoms with Gasteiger partial charge in [-0.05, 0) is 34.5 Å². The van der Waals surface area contributed by atoms with Gasteiger partial charge in [0.2, 0.25) is 0 Å². The summed E-state index contributed by atoms with van der Waals surface area (Å²) in [6.45, 7) is 0.577. The first-order valence-electron chi connectivity index (χ1n) is 4.45. The lowest BCUT2D eigenvalue weighted by Crippen LogP contribution is -2.25. The fraction of sp³-hybridized carbons (Fsp3) is 0.300. The molecule has 0 aliphatic carbocycles. The van der Waals surface area contributed by atoms with E-state index in [1.54, 1.807) is 12.1 Å². The number of carbonyl (C=O) groups is 1. The van der Waals surface area contributed by atoms with Gasteiger partial charge in [-0.3, -0.25) is 4.79 Å². The molecule has 0 fully saturated rings. The second kappa shape index (κ2) is 6.42. The maximum atomic E-state index is 13.5. The van der Waals surface area contributed by atoms with Crippen LogP contribution in [0.2, 0.25) is 0 Å². The first-order valence-corrected chi connectivity index (χ1v) is 6.77. The van der Waals surface area contributed by atoms with Crippen LogP contribution in [0.25, 0.3) is 0 Å². The van der Waals surface area contributed by atoms with Gasteiger partial charge in [0, 0.05) is 11.0 Å². The average molecular weight is 386 g/mol. The van der Waals surface area contributed by atoms with Gasteiger partial charge in [0.15, 0.2) is 0 Å². The molecule has 1 amide bonds. The molecule has 5 heteroatoms. The molecule has 0 aliphatic heterocycles. The number of amides is 1. The molecule has 0 unspecified atom stereocenters. The Balaban J connectivity index is 2.69. The van der Waals surface area contributed by atoms with E-state index >= 15 is 0 Å². The highest BCUT2D eigenvalue weighted by atomic mass is 127. The van der Waals surface area contributed by atoms with Gasteiger partial charge in [-0.15, -0.1) is 0 Å². The van der Waals surface area contributed by atoms with Crippen LogP contribution in [0, 0.1) is 5.82 Å². The molecule has 2 nitrogen and oxygen atoms in total. The summed E-state index contributed by atoms with van der Waals surface area (Å²) < 4.78 is 14.7. The molecule has 0 saturated carbocycles. The van der Waals surface area contributed by atoms with Gasteiger partial charge in [-0.1, -0.05) is 28.7 Å². The zero-order chi connectivity index (χ0) is 11.3. The third-order valence-electron chi connectivity index (χ3n) is 1.79. The monoisotopic (exact) mass is 385 g/mol. The van der Waals surface area contributed by atoms with E-state index in [1.165, 1.54) is 6.07 Å². The second-order valence-electron chi connectivity index (χ2n) is 2.90. The third-order valence-corrected chi connectivity index (χ3v) is 3.17. The molecule has 0 heterocycles. The Labute approximate surface area is 110 Å². The molecule has 0 atom stereocenters. The lowest BCUT2D eigenvalue weighted by atomic mass is 10.2. The van der Waals surface area contributed by atoms with Crippen molar-refractivity contribution >= 4 is 44.4 Å². The van der Waals surface area contributed by atoms with E-state index in [0.717, 1.165) is 10.8 Å². The van der Waals surface area contributed by atoms with E-state index in [9.17, 15) is 9.18 Å². The standard InChI is InChI=1S/C10H10BrFINO/c11-8-4-1-3-7(9(8)12)10(15)14-6-2-5-13/h1,3-4H,2,5-6H2,(H,14,15). The summed E-state index contributed by atoms with van der Waals surface area (Å²) in [4.78, 5) is 11.5. The second-order valence-corrected chi connectivity index (χ2v) is 4.83. The highest BCUT2D eigenvalue weighted by molar-refractivity contribution is 14.1. The van der Waals surface area contributed by atoms with Crippen molar-refractivity contribution in [2.75, 3.05) is 11.0 Å². The lowest BCUT2D eigenvalue weighted by molar-refractivity contribution is 0.0949. The molecule has 1 aromatic carbocycles. The number of hydrogen-bond acceptors (Lipinski definition) is 1. The molecule has 0 spiro atoms. The van der Waals surface area contributed by atoms with Crippen LogP contribution in [0.1, 0.15) is 16.8 Å². The summed E-state index contributed by atoms with van der Waals surface area (Å²) in [5, 5.41) is 2.66. The topological polar surface area (TPSA) is 29.1 Å². The van der Waals surface area contributed by atoms with Gasteiger partial charge in [0.1, 0.15) is 5.82 Å². The van der Waals surface area contributed by atoms with Gasteiger partial charge in [-0.25, -0.2) is 4.39 Å². The predicted molar refractivity (Wildman–Crippen MR) is 69.9 cm³/mol. The number of carbonyl (C=O) groups excluding carboxylic acids is 1. The zero-order valence-corrected chi connectivity index (χ0v) is 11.6. The molecule has 0 saturated heterocycles. The first-order chi connectivity index (χ1) is 7.16. The molecular formula is C10H10BrFINO. The van der Waals surface area contributed by atoms with Gasteiger partial charge in [-0.2, -0.15) is 0 Å². The Kier molecular flexibility index (Phi) is 5.52. The quantitative estimate of drug-likeness (QED) is 0.481. The van der Waals surface area contributed by atoms with Crippen LogP contribution in [0.15, 0.2) is 22.7 Å². The fourth-order valence-corrected chi connectivity index (χ4v) is 1.79. The van der Waals surface area contributed by atoms with Gasteiger partial charge >= 0.3 is 0 Å². The number of rotatable bonds is 4. The lowest BCUT2D eigenvalue weighted by Gasteiger charge is -2.05. The van der Waals surface area contributed by atoms with E-state index in [0.29, 0.717) is 11.0 Å². The van der Waals surface area contributed by atoms with E-state index in [4.69, 9.17) is 0 Å². The summed E-state index contributed by atoms with van der Waals surface area (Å²) in [6.07, 6.45) is 0.891.